The molecule has 1 saturated heterocycles. The lowest BCUT2D eigenvalue weighted by atomic mass is 9.95. The molecule has 0 aliphatic carbocycles. The second-order valence-electron chi connectivity index (χ2n) is 4.94. The molecule has 0 N–H and O–H groups in total. The number of Topliss-reactive ketones (excluding diaryl/α,β-unsaturated/α-hetero) is 1. The minimum atomic E-state index is 0.0255. The van der Waals surface area contributed by atoms with Crippen molar-refractivity contribution < 1.29 is 9.53 Å². The Balaban J connectivity index is 1.98. The minimum absolute atomic E-state index is 0.0255. The van der Waals surface area contributed by atoms with Crippen LogP contribution in [0.2, 0.25) is 8.67 Å². The van der Waals surface area contributed by atoms with Gasteiger partial charge in [-0.2, -0.15) is 0 Å². The standard InChI is InChI=1S/C13H17Cl2NO2S/c1-8-3-4-16(7-11(8)18-2)6-10(17)9-5-12(14)19-13(9)15/h5,8,11H,3-4,6-7H2,1-2H3. The summed E-state index contributed by atoms with van der Waals surface area (Å²) in [5, 5.41) is 0. The summed E-state index contributed by atoms with van der Waals surface area (Å²) in [5.74, 6) is 0.563. The van der Waals surface area contributed by atoms with Crippen molar-refractivity contribution in [2.45, 2.75) is 19.4 Å². The van der Waals surface area contributed by atoms with E-state index in [4.69, 9.17) is 27.9 Å². The van der Waals surface area contributed by atoms with Crippen LogP contribution in [0.25, 0.3) is 0 Å². The van der Waals surface area contributed by atoms with E-state index < -0.39 is 0 Å². The van der Waals surface area contributed by atoms with E-state index in [1.165, 1.54) is 11.3 Å². The van der Waals surface area contributed by atoms with Gasteiger partial charge in [0.05, 0.1) is 22.5 Å². The Hall–Kier alpha value is -0.130. The number of carbonyl (C=O) groups is 1. The van der Waals surface area contributed by atoms with Gasteiger partial charge in [-0.3, -0.25) is 9.69 Å². The number of halogens is 2. The van der Waals surface area contributed by atoms with E-state index in [2.05, 4.69) is 11.8 Å². The van der Waals surface area contributed by atoms with E-state index in [9.17, 15) is 4.79 Å². The van der Waals surface area contributed by atoms with Crippen LogP contribution in [-0.4, -0.2) is 43.5 Å². The highest BCUT2D eigenvalue weighted by atomic mass is 35.5. The molecule has 0 saturated carbocycles. The number of thiophene rings is 1. The van der Waals surface area contributed by atoms with Gasteiger partial charge in [0.25, 0.3) is 0 Å². The Morgan fingerprint density at radius 2 is 2.32 bits per heavy atom. The van der Waals surface area contributed by atoms with Gasteiger partial charge in [-0.05, 0) is 24.9 Å². The van der Waals surface area contributed by atoms with Gasteiger partial charge in [0, 0.05) is 13.7 Å². The van der Waals surface area contributed by atoms with Crippen LogP contribution in [-0.2, 0) is 4.74 Å². The molecular weight excluding hydrogens is 305 g/mol. The first-order valence-electron chi connectivity index (χ1n) is 6.24. The van der Waals surface area contributed by atoms with Crippen LogP contribution < -0.4 is 0 Å². The van der Waals surface area contributed by atoms with E-state index in [0.29, 0.717) is 26.7 Å². The molecule has 1 aliphatic heterocycles. The van der Waals surface area contributed by atoms with Crippen LogP contribution in [0.1, 0.15) is 23.7 Å². The van der Waals surface area contributed by atoms with E-state index in [1.807, 2.05) is 0 Å². The summed E-state index contributed by atoms with van der Waals surface area (Å²) < 4.78 is 6.48. The van der Waals surface area contributed by atoms with Crippen molar-refractivity contribution in [2.24, 2.45) is 5.92 Å². The predicted molar refractivity (Wildman–Crippen MR) is 79.7 cm³/mol. The number of hydrogen-bond donors (Lipinski definition) is 0. The molecule has 1 fully saturated rings. The van der Waals surface area contributed by atoms with Gasteiger partial charge in [-0.15, -0.1) is 11.3 Å². The van der Waals surface area contributed by atoms with Crippen molar-refractivity contribution in [3.63, 3.8) is 0 Å². The second kappa shape index (κ2) is 6.55. The number of rotatable bonds is 4. The monoisotopic (exact) mass is 321 g/mol. The molecule has 3 nitrogen and oxygen atoms in total. The molecule has 2 heterocycles. The zero-order chi connectivity index (χ0) is 14.0. The van der Waals surface area contributed by atoms with Gasteiger partial charge < -0.3 is 4.74 Å². The summed E-state index contributed by atoms with van der Waals surface area (Å²) in [6.45, 7) is 4.27. The molecule has 0 spiro atoms. The summed E-state index contributed by atoms with van der Waals surface area (Å²) in [6.07, 6.45) is 1.24. The molecule has 106 valence electrons. The average Bonchev–Trinajstić information content (AvgIpc) is 2.71. The average molecular weight is 322 g/mol. The Morgan fingerprint density at radius 1 is 1.58 bits per heavy atom. The normalized spacial score (nSPS) is 24.6. The molecule has 2 rings (SSSR count). The molecule has 1 aromatic rings. The van der Waals surface area contributed by atoms with Crippen LogP contribution in [0, 0.1) is 5.92 Å². The van der Waals surface area contributed by atoms with Gasteiger partial charge in [0.2, 0.25) is 0 Å². The van der Waals surface area contributed by atoms with Crippen molar-refractivity contribution in [1.29, 1.82) is 0 Å². The van der Waals surface area contributed by atoms with Crippen molar-refractivity contribution in [3.8, 4) is 0 Å². The van der Waals surface area contributed by atoms with Gasteiger partial charge >= 0.3 is 0 Å². The third-order valence-electron chi connectivity index (χ3n) is 3.60. The fraction of sp³-hybridized carbons (Fsp3) is 0.615. The maximum Gasteiger partial charge on any atom is 0.179 e. The maximum atomic E-state index is 12.2. The highest BCUT2D eigenvalue weighted by molar-refractivity contribution is 7.20. The maximum absolute atomic E-state index is 12.2. The number of piperidine rings is 1. The molecule has 0 amide bonds. The Kier molecular flexibility index (Phi) is 5.26. The van der Waals surface area contributed by atoms with Crippen LogP contribution in [0.4, 0.5) is 0 Å². The Bertz CT molecular complexity index is 463. The molecule has 0 bridgehead atoms. The smallest absolute Gasteiger partial charge is 0.179 e. The number of likely N-dealkylation sites (tertiary alicyclic amines) is 1. The SMILES string of the molecule is COC1CN(CC(=O)c2cc(Cl)sc2Cl)CCC1C. The van der Waals surface area contributed by atoms with Crippen LogP contribution in [0.15, 0.2) is 6.07 Å². The molecular formula is C13H17Cl2NO2S. The number of methoxy groups -OCH3 is 1. The first-order valence-corrected chi connectivity index (χ1v) is 7.81. The number of carbonyl (C=O) groups excluding carboxylic acids is 1. The zero-order valence-corrected chi connectivity index (χ0v) is 13.3. The Labute approximate surface area is 127 Å². The number of hydrogen-bond acceptors (Lipinski definition) is 4. The first kappa shape index (κ1) is 15.3. The summed E-state index contributed by atoms with van der Waals surface area (Å²) in [6, 6.07) is 1.65. The highest BCUT2D eigenvalue weighted by Crippen LogP contribution is 2.31. The molecule has 2 atom stereocenters. The van der Waals surface area contributed by atoms with E-state index in [-0.39, 0.29) is 11.9 Å². The van der Waals surface area contributed by atoms with E-state index in [1.54, 1.807) is 13.2 Å². The van der Waals surface area contributed by atoms with E-state index >= 15 is 0 Å². The van der Waals surface area contributed by atoms with Crippen LogP contribution in [0.3, 0.4) is 0 Å². The molecule has 0 aromatic carbocycles. The summed E-state index contributed by atoms with van der Waals surface area (Å²) in [5.41, 5.74) is 0.532. The molecule has 19 heavy (non-hydrogen) atoms. The predicted octanol–water partition coefficient (Wildman–Crippen LogP) is 3.59. The molecule has 1 aromatic heterocycles. The molecule has 0 radical (unpaired) electrons. The van der Waals surface area contributed by atoms with Gasteiger partial charge in [0.15, 0.2) is 5.78 Å². The highest BCUT2D eigenvalue weighted by Gasteiger charge is 2.27. The molecule has 6 heteroatoms. The number of ether oxygens (including phenoxy) is 1. The van der Waals surface area contributed by atoms with Crippen molar-refractivity contribution in [3.05, 3.63) is 20.3 Å². The largest absolute Gasteiger partial charge is 0.380 e. The summed E-state index contributed by atoms with van der Waals surface area (Å²) >= 11 is 13.1. The second-order valence-corrected chi connectivity index (χ2v) is 7.22. The Morgan fingerprint density at radius 3 is 2.89 bits per heavy atom. The fourth-order valence-corrected chi connectivity index (χ4v) is 3.87. The lowest BCUT2D eigenvalue weighted by Crippen LogP contribution is -2.45. The molecule has 2 unspecified atom stereocenters. The topological polar surface area (TPSA) is 29.5 Å². The fourth-order valence-electron chi connectivity index (χ4n) is 2.37. The quantitative estimate of drug-likeness (QED) is 0.794. The van der Waals surface area contributed by atoms with Gasteiger partial charge in [-0.1, -0.05) is 30.1 Å². The summed E-state index contributed by atoms with van der Waals surface area (Å²) in [4.78, 5) is 14.3. The van der Waals surface area contributed by atoms with Crippen molar-refractivity contribution in [2.75, 3.05) is 26.7 Å². The van der Waals surface area contributed by atoms with Crippen molar-refractivity contribution >= 4 is 40.3 Å². The number of nitrogens with zero attached hydrogens (tertiary/aromatic N) is 1. The minimum Gasteiger partial charge on any atom is -0.380 e. The van der Waals surface area contributed by atoms with Crippen LogP contribution in [0.5, 0.6) is 0 Å². The lowest BCUT2D eigenvalue weighted by Gasteiger charge is -2.35. The van der Waals surface area contributed by atoms with Crippen LogP contribution >= 0.6 is 34.5 Å². The van der Waals surface area contributed by atoms with E-state index in [0.717, 1.165) is 19.5 Å². The summed E-state index contributed by atoms with van der Waals surface area (Å²) in [7, 11) is 1.72. The van der Waals surface area contributed by atoms with Gasteiger partial charge in [-0.25, -0.2) is 0 Å². The van der Waals surface area contributed by atoms with Crippen molar-refractivity contribution in [1.82, 2.24) is 4.90 Å². The third-order valence-corrected chi connectivity index (χ3v) is 5.09. The number of ketones is 1. The first-order chi connectivity index (χ1) is 9.01. The lowest BCUT2D eigenvalue weighted by molar-refractivity contribution is -0.00324. The third kappa shape index (κ3) is 3.70. The van der Waals surface area contributed by atoms with Gasteiger partial charge in [0.1, 0.15) is 4.34 Å². The zero-order valence-electron chi connectivity index (χ0n) is 11.0. The molecule has 1 aliphatic rings.